The zero-order valence-corrected chi connectivity index (χ0v) is 11.5. The first-order valence-electron chi connectivity index (χ1n) is 5.93. The van der Waals surface area contributed by atoms with Crippen molar-refractivity contribution in [2.75, 3.05) is 7.11 Å². The van der Waals surface area contributed by atoms with Crippen LogP contribution in [-0.4, -0.2) is 21.7 Å². The van der Waals surface area contributed by atoms with Crippen molar-refractivity contribution in [3.05, 3.63) is 35.5 Å². The second-order valence-corrected chi connectivity index (χ2v) is 5.30. The average Bonchev–Trinajstić information content (AvgIpc) is 2.97. The highest BCUT2D eigenvalue weighted by atomic mass is 32.1. The summed E-state index contributed by atoms with van der Waals surface area (Å²) in [6.45, 7) is 1.92. The first-order valence-corrected chi connectivity index (χ1v) is 6.75. The van der Waals surface area contributed by atoms with Gasteiger partial charge in [-0.25, -0.2) is 9.50 Å². The lowest BCUT2D eigenvalue weighted by Crippen LogP contribution is -2.04. The molecule has 0 saturated carbocycles. The van der Waals surface area contributed by atoms with Crippen molar-refractivity contribution in [1.29, 1.82) is 0 Å². The predicted octanol–water partition coefficient (Wildman–Crippen LogP) is 2.49. The van der Waals surface area contributed by atoms with Gasteiger partial charge in [-0.05, 0) is 31.2 Å². The van der Waals surface area contributed by atoms with Crippen LogP contribution in [0.15, 0.2) is 30.5 Å². The van der Waals surface area contributed by atoms with Gasteiger partial charge in [0.2, 0.25) is 4.96 Å². The molecule has 2 N–H and O–H groups in total. The topological polar surface area (TPSA) is 65.4 Å². The molecule has 1 unspecified atom stereocenters. The lowest BCUT2D eigenvalue weighted by atomic mass is 10.2. The van der Waals surface area contributed by atoms with Crippen LogP contribution in [-0.2, 0) is 0 Å². The average molecular weight is 274 g/mol. The maximum Gasteiger partial charge on any atom is 0.212 e. The van der Waals surface area contributed by atoms with Gasteiger partial charge in [-0.3, -0.25) is 0 Å². The summed E-state index contributed by atoms with van der Waals surface area (Å²) in [5, 5.41) is 5.31. The third kappa shape index (κ3) is 2.20. The van der Waals surface area contributed by atoms with Crippen molar-refractivity contribution < 1.29 is 4.74 Å². The number of benzene rings is 1. The van der Waals surface area contributed by atoms with E-state index in [4.69, 9.17) is 10.5 Å². The lowest BCUT2D eigenvalue weighted by molar-refractivity contribution is 0.415. The molecule has 0 bridgehead atoms. The molecule has 2 heterocycles. The number of ether oxygens (including phenoxy) is 1. The molecule has 2 aromatic heterocycles. The zero-order valence-electron chi connectivity index (χ0n) is 10.7. The highest BCUT2D eigenvalue weighted by Crippen LogP contribution is 2.25. The van der Waals surface area contributed by atoms with E-state index in [9.17, 15) is 0 Å². The van der Waals surface area contributed by atoms with Gasteiger partial charge in [0, 0.05) is 5.56 Å². The smallest absolute Gasteiger partial charge is 0.212 e. The third-order valence-corrected chi connectivity index (χ3v) is 3.96. The number of imidazole rings is 1. The molecule has 6 heteroatoms. The van der Waals surface area contributed by atoms with Crippen molar-refractivity contribution in [1.82, 2.24) is 14.6 Å². The lowest BCUT2D eigenvalue weighted by Gasteiger charge is -2.00. The Morgan fingerprint density at radius 3 is 2.63 bits per heavy atom. The molecule has 0 aliphatic carbocycles. The molecule has 1 aromatic carbocycles. The molecule has 3 aromatic rings. The predicted molar refractivity (Wildman–Crippen MR) is 75.5 cm³/mol. The SMILES string of the molecule is COc1ccc(-c2cn3nc(C(C)N)sc3n2)cc1. The molecule has 0 amide bonds. The van der Waals surface area contributed by atoms with E-state index < -0.39 is 0 Å². The van der Waals surface area contributed by atoms with Gasteiger partial charge in [-0.15, -0.1) is 0 Å². The number of hydrogen-bond donors (Lipinski definition) is 1. The Balaban J connectivity index is 1.98. The number of methoxy groups -OCH3 is 1. The molecule has 0 radical (unpaired) electrons. The molecule has 0 saturated heterocycles. The van der Waals surface area contributed by atoms with Gasteiger partial charge in [0.15, 0.2) is 0 Å². The highest BCUT2D eigenvalue weighted by Gasteiger charge is 2.11. The van der Waals surface area contributed by atoms with Crippen molar-refractivity contribution in [2.24, 2.45) is 5.73 Å². The zero-order chi connectivity index (χ0) is 13.4. The summed E-state index contributed by atoms with van der Waals surface area (Å²) in [6, 6.07) is 7.75. The van der Waals surface area contributed by atoms with Gasteiger partial charge >= 0.3 is 0 Å². The van der Waals surface area contributed by atoms with Crippen LogP contribution in [0, 0.1) is 0 Å². The second kappa shape index (κ2) is 4.64. The molecular formula is C13H14N4OS. The van der Waals surface area contributed by atoms with Gasteiger partial charge < -0.3 is 10.5 Å². The minimum atomic E-state index is -0.0591. The van der Waals surface area contributed by atoms with E-state index >= 15 is 0 Å². The van der Waals surface area contributed by atoms with Crippen LogP contribution in [0.5, 0.6) is 5.75 Å². The standard InChI is InChI=1S/C13H14N4OS/c1-8(14)12-16-17-7-11(15-13(17)19-12)9-3-5-10(18-2)6-4-9/h3-8H,14H2,1-2H3. The molecule has 1 atom stereocenters. The van der Waals surface area contributed by atoms with Crippen LogP contribution in [0.2, 0.25) is 0 Å². The number of rotatable bonds is 3. The van der Waals surface area contributed by atoms with E-state index in [-0.39, 0.29) is 6.04 Å². The fourth-order valence-corrected chi connectivity index (χ4v) is 2.63. The fourth-order valence-electron chi connectivity index (χ4n) is 1.80. The third-order valence-electron chi connectivity index (χ3n) is 2.83. The Morgan fingerprint density at radius 2 is 2.05 bits per heavy atom. The Bertz CT molecular complexity index is 668. The first kappa shape index (κ1) is 12.1. The summed E-state index contributed by atoms with van der Waals surface area (Å²) in [5.74, 6) is 0.835. The van der Waals surface area contributed by atoms with Crippen molar-refractivity contribution in [3.8, 4) is 17.0 Å². The van der Waals surface area contributed by atoms with E-state index in [0.29, 0.717) is 0 Å². The molecule has 98 valence electrons. The molecule has 0 spiro atoms. The molecule has 3 rings (SSSR count). The number of nitrogens with two attached hydrogens (primary N) is 1. The maximum absolute atomic E-state index is 5.81. The Hall–Kier alpha value is -1.92. The van der Waals surface area contributed by atoms with Gasteiger partial charge in [0.05, 0.1) is 25.0 Å². The summed E-state index contributed by atoms with van der Waals surface area (Å²) in [5.41, 5.74) is 7.75. The highest BCUT2D eigenvalue weighted by molar-refractivity contribution is 7.16. The second-order valence-electron chi connectivity index (χ2n) is 4.31. The van der Waals surface area contributed by atoms with Crippen LogP contribution in [0.1, 0.15) is 18.0 Å². The van der Waals surface area contributed by atoms with Crippen molar-refractivity contribution in [3.63, 3.8) is 0 Å². The molecular weight excluding hydrogens is 260 g/mol. The van der Waals surface area contributed by atoms with E-state index in [1.807, 2.05) is 37.4 Å². The largest absolute Gasteiger partial charge is 0.497 e. The quantitative estimate of drug-likeness (QED) is 0.797. The number of aromatic nitrogens is 3. The van der Waals surface area contributed by atoms with E-state index in [1.54, 1.807) is 11.6 Å². The first-order chi connectivity index (χ1) is 9.17. The molecule has 0 aliphatic heterocycles. The monoisotopic (exact) mass is 274 g/mol. The minimum absolute atomic E-state index is 0.0591. The van der Waals surface area contributed by atoms with Gasteiger partial charge in [0.1, 0.15) is 10.8 Å². The van der Waals surface area contributed by atoms with Crippen molar-refractivity contribution >= 4 is 16.3 Å². The van der Waals surface area contributed by atoms with E-state index in [0.717, 1.165) is 27.0 Å². The number of hydrogen-bond acceptors (Lipinski definition) is 5. The van der Waals surface area contributed by atoms with Crippen molar-refractivity contribution in [2.45, 2.75) is 13.0 Å². The summed E-state index contributed by atoms with van der Waals surface area (Å²) < 4.78 is 6.92. The number of nitrogens with zero attached hydrogens (tertiary/aromatic N) is 3. The van der Waals surface area contributed by atoms with E-state index in [1.165, 1.54) is 11.3 Å². The number of fused-ring (bicyclic) bond motifs is 1. The maximum atomic E-state index is 5.81. The summed E-state index contributed by atoms with van der Waals surface area (Å²) in [4.78, 5) is 5.42. The summed E-state index contributed by atoms with van der Waals surface area (Å²) in [7, 11) is 1.65. The van der Waals surface area contributed by atoms with Crippen LogP contribution in [0.25, 0.3) is 16.2 Å². The Labute approximate surface area is 114 Å². The van der Waals surface area contributed by atoms with Gasteiger partial charge in [-0.2, -0.15) is 5.10 Å². The fraction of sp³-hybridized carbons (Fsp3) is 0.231. The molecule has 0 fully saturated rings. The molecule has 19 heavy (non-hydrogen) atoms. The minimum Gasteiger partial charge on any atom is -0.497 e. The Morgan fingerprint density at radius 1 is 1.32 bits per heavy atom. The van der Waals surface area contributed by atoms with Gasteiger partial charge in [-0.1, -0.05) is 11.3 Å². The normalized spacial score (nSPS) is 12.8. The molecule has 0 aliphatic rings. The molecule has 5 nitrogen and oxygen atoms in total. The summed E-state index contributed by atoms with van der Waals surface area (Å²) >= 11 is 1.52. The van der Waals surface area contributed by atoms with Crippen LogP contribution >= 0.6 is 11.3 Å². The van der Waals surface area contributed by atoms with Crippen LogP contribution < -0.4 is 10.5 Å². The van der Waals surface area contributed by atoms with Gasteiger partial charge in [0.25, 0.3) is 0 Å². The summed E-state index contributed by atoms with van der Waals surface area (Å²) in [6.07, 6.45) is 1.92. The van der Waals surface area contributed by atoms with Crippen LogP contribution in [0.3, 0.4) is 0 Å². The van der Waals surface area contributed by atoms with E-state index in [2.05, 4.69) is 10.1 Å². The van der Waals surface area contributed by atoms with Crippen LogP contribution in [0.4, 0.5) is 0 Å². The Kier molecular flexibility index (Phi) is 2.96.